The molecule has 3 aromatic carbocycles. The number of carbonyl (C=O) groups is 1. The Bertz CT molecular complexity index is 1190. The normalized spacial score (nSPS) is 10.9. The minimum atomic E-state index is -0.455. The van der Waals surface area contributed by atoms with Crippen LogP contribution < -0.4 is 10.1 Å². The first-order valence-corrected chi connectivity index (χ1v) is 9.21. The molecule has 0 atom stereocenters. The summed E-state index contributed by atoms with van der Waals surface area (Å²) >= 11 is 0. The molecule has 4 aromatic rings. The fourth-order valence-corrected chi connectivity index (χ4v) is 2.98. The van der Waals surface area contributed by atoms with Gasteiger partial charge in [0.25, 0.3) is 5.91 Å². The molecule has 0 saturated carbocycles. The van der Waals surface area contributed by atoms with E-state index < -0.39 is 5.82 Å². The monoisotopic (exact) mass is 390 g/mol. The highest BCUT2D eigenvalue weighted by Gasteiger charge is 2.12. The number of amides is 1. The van der Waals surface area contributed by atoms with Gasteiger partial charge in [0.2, 0.25) is 0 Å². The highest BCUT2D eigenvalue weighted by molar-refractivity contribution is 6.05. The van der Waals surface area contributed by atoms with Crippen molar-refractivity contribution in [2.24, 2.45) is 0 Å². The topological polar surface area (TPSA) is 69.0 Å². The van der Waals surface area contributed by atoms with Gasteiger partial charge in [0.1, 0.15) is 22.6 Å². The van der Waals surface area contributed by atoms with Crippen LogP contribution >= 0.6 is 0 Å². The first-order valence-electron chi connectivity index (χ1n) is 9.21. The average molecular weight is 390 g/mol. The number of aryl methyl sites for hydroxylation is 1. The number of hydrogen-bond acceptors (Lipinski definition) is 4. The van der Waals surface area contributed by atoms with Crippen LogP contribution in [0.15, 0.2) is 60.7 Å². The maximum atomic E-state index is 13.4. The lowest BCUT2D eigenvalue weighted by atomic mass is 10.1. The summed E-state index contributed by atoms with van der Waals surface area (Å²) in [6.45, 7) is 4.41. The van der Waals surface area contributed by atoms with E-state index in [0.29, 0.717) is 23.3 Å². The summed E-state index contributed by atoms with van der Waals surface area (Å²) in [7, 11) is 0. The molecule has 1 N–H and O–H groups in total. The predicted molar refractivity (Wildman–Crippen MR) is 109 cm³/mol. The Hall–Kier alpha value is -3.74. The minimum Gasteiger partial charge on any atom is -0.494 e. The van der Waals surface area contributed by atoms with Gasteiger partial charge in [-0.25, -0.2) is 4.39 Å². The molecule has 146 valence electrons. The quantitative estimate of drug-likeness (QED) is 0.544. The largest absolute Gasteiger partial charge is 0.494 e. The van der Waals surface area contributed by atoms with Crippen LogP contribution in [-0.2, 0) is 0 Å². The van der Waals surface area contributed by atoms with Crippen molar-refractivity contribution in [2.45, 2.75) is 13.8 Å². The molecule has 0 spiro atoms. The number of benzene rings is 3. The lowest BCUT2D eigenvalue weighted by molar-refractivity contribution is 0.102. The SMILES string of the molecule is CCOc1ccc(-n2nc3cc(C)c(NC(=O)c4cccc(F)c4)cc3n2)cc1. The van der Waals surface area contributed by atoms with E-state index >= 15 is 0 Å². The van der Waals surface area contributed by atoms with Gasteiger partial charge in [0.15, 0.2) is 0 Å². The van der Waals surface area contributed by atoms with Crippen LogP contribution in [-0.4, -0.2) is 27.5 Å². The van der Waals surface area contributed by atoms with E-state index in [4.69, 9.17) is 4.74 Å². The average Bonchev–Trinajstić information content (AvgIpc) is 3.11. The molecule has 0 aliphatic carbocycles. The summed E-state index contributed by atoms with van der Waals surface area (Å²) in [6.07, 6.45) is 0. The Balaban J connectivity index is 1.62. The van der Waals surface area contributed by atoms with E-state index in [0.717, 1.165) is 17.0 Å². The van der Waals surface area contributed by atoms with Crippen LogP contribution in [0.3, 0.4) is 0 Å². The number of halogens is 1. The van der Waals surface area contributed by atoms with Crippen molar-refractivity contribution in [3.05, 3.63) is 77.6 Å². The summed E-state index contributed by atoms with van der Waals surface area (Å²) in [5.41, 5.74) is 3.83. The van der Waals surface area contributed by atoms with Crippen LogP contribution in [0.25, 0.3) is 16.7 Å². The van der Waals surface area contributed by atoms with Gasteiger partial charge in [-0.2, -0.15) is 4.80 Å². The molecule has 4 rings (SSSR count). The molecule has 0 fully saturated rings. The van der Waals surface area contributed by atoms with E-state index in [-0.39, 0.29) is 11.5 Å². The molecule has 1 amide bonds. The summed E-state index contributed by atoms with van der Waals surface area (Å²) in [6, 6.07) is 16.7. The fourth-order valence-electron chi connectivity index (χ4n) is 2.98. The summed E-state index contributed by atoms with van der Waals surface area (Å²) in [5, 5.41) is 11.8. The van der Waals surface area contributed by atoms with E-state index in [1.165, 1.54) is 23.0 Å². The molecule has 1 aromatic heterocycles. The molecule has 0 radical (unpaired) electrons. The Morgan fingerprint density at radius 3 is 2.48 bits per heavy atom. The van der Waals surface area contributed by atoms with Gasteiger partial charge < -0.3 is 10.1 Å². The van der Waals surface area contributed by atoms with Crippen molar-refractivity contribution in [3.63, 3.8) is 0 Å². The lowest BCUT2D eigenvalue weighted by Gasteiger charge is -2.08. The Labute approximate surface area is 166 Å². The second kappa shape index (κ2) is 7.71. The highest BCUT2D eigenvalue weighted by atomic mass is 19.1. The van der Waals surface area contributed by atoms with Crippen molar-refractivity contribution < 1.29 is 13.9 Å². The van der Waals surface area contributed by atoms with E-state index in [9.17, 15) is 9.18 Å². The third-order valence-electron chi connectivity index (χ3n) is 4.44. The number of fused-ring (bicyclic) bond motifs is 1. The molecular formula is C22H19FN4O2. The zero-order chi connectivity index (χ0) is 20.4. The van der Waals surface area contributed by atoms with Gasteiger partial charge in [0, 0.05) is 11.3 Å². The number of hydrogen-bond donors (Lipinski definition) is 1. The van der Waals surface area contributed by atoms with Gasteiger partial charge in [-0.05, 0) is 74.0 Å². The third-order valence-corrected chi connectivity index (χ3v) is 4.44. The zero-order valence-electron chi connectivity index (χ0n) is 16.0. The first kappa shape index (κ1) is 18.6. The van der Waals surface area contributed by atoms with Crippen molar-refractivity contribution >= 4 is 22.6 Å². The van der Waals surface area contributed by atoms with Crippen LogP contribution in [0.1, 0.15) is 22.8 Å². The Kier molecular flexibility index (Phi) is 4.95. The van der Waals surface area contributed by atoms with Crippen molar-refractivity contribution in [2.75, 3.05) is 11.9 Å². The second-order valence-electron chi connectivity index (χ2n) is 6.54. The number of nitrogens with one attached hydrogen (secondary N) is 1. The van der Waals surface area contributed by atoms with Gasteiger partial charge in [-0.1, -0.05) is 6.07 Å². The number of aromatic nitrogens is 3. The van der Waals surface area contributed by atoms with E-state index in [1.807, 2.05) is 44.2 Å². The van der Waals surface area contributed by atoms with Crippen LogP contribution in [0, 0.1) is 12.7 Å². The zero-order valence-corrected chi connectivity index (χ0v) is 16.0. The molecule has 1 heterocycles. The lowest BCUT2D eigenvalue weighted by Crippen LogP contribution is -2.12. The standard InChI is InChI=1S/C22H19FN4O2/c1-3-29-18-9-7-17(8-10-18)27-25-20-11-14(2)19(13-21(20)26-27)24-22(28)15-5-4-6-16(23)12-15/h4-13H,3H2,1-2H3,(H,24,28). The predicted octanol–water partition coefficient (Wildman–Crippen LogP) is 4.52. The maximum absolute atomic E-state index is 13.4. The fraction of sp³-hybridized carbons (Fsp3) is 0.136. The molecule has 0 aliphatic heterocycles. The minimum absolute atomic E-state index is 0.252. The smallest absolute Gasteiger partial charge is 0.255 e. The molecule has 0 unspecified atom stereocenters. The van der Waals surface area contributed by atoms with Gasteiger partial charge in [0.05, 0.1) is 12.3 Å². The number of anilines is 1. The molecule has 6 nitrogen and oxygen atoms in total. The van der Waals surface area contributed by atoms with Crippen molar-refractivity contribution in [1.82, 2.24) is 15.0 Å². The molecule has 0 bridgehead atoms. The molecule has 0 saturated heterocycles. The Morgan fingerprint density at radius 1 is 1.07 bits per heavy atom. The molecular weight excluding hydrogens is 371 g/mol. The second-order valence-corrected chi connectivity index (χ2v) is 6.54. The number of rotatable bonds is 5. The Morgan fingerprint density at radius 2 is 1.79 bits per heavy atom. The number of nitrogens with zero attached hydrogens (tertiary/aromatic N) is 3. The van der Waals surface area contributed by atoms with E-state index in [2.05, 4.69) is 15.5 Å². The molecule has 29 heavy (non-hydrogen) atoms. The van der Waals surface area contributed by atoms with Gasteiger partial charge >= 0.3 is 0 Å². The van der Waals surface area contributed by atoms with Gasteiger partial charge in [-0.3, -0.25) is 4.79 Å². The molecule has 0 aliphatic rings. The molecule has 7 heteroatoms. The summed E-state index contributed by atoms with van der Waals surface area (Å²) < 4.78 is 18.8. The van der Waals surface area contributed by atoms with Crippen LogP contribution in [0.5, 0.6) is 5.75 Å². The third kappa shape index (κ3) is 3.94. The van der Waals surface area contributed by atoms with Crippen molar-refractivity contribution in [1.29, 1.82) is 0 Å². The number of carbonyl (C=O) groups excluding carboxylic acids is 1. The summed E-state index contributed by atoms with van der Waals surface area (Å²) in [4.78, 5) is 14.0. The number of ether oxygens (including phenoxy) is 1. The van der Waals surface area contributed by atoms with Crippen LogP contribution in [0.2, 0.25) is 0 Å². The van der Waals surface area contributed by atoms with Gasteiger partial charge in [-0.15, -0.1) is 10.2 Å². The van der Waals surface area contributed by atoms with E-state index in [1.54, 1.807) is 12.1 Å². The highest BCUT2D eigenvalue weighted by Crippen LogP contribution is 2.23. The van der Waals surface area contributed by atoms with Crippen LogP contribution in [0.4, 0.5) is 10.1 Å². The van der Waals surface area contributed by atoms with Crippen molar-refractivity contribution in [3.8, 4) is 11.4 Å². The maximum Gasteiger partial charge on any atom is 0.255 e. The first-order chi connectivity index (χ1) is 14.0. The summed E-state index contributed by atoms with van der Waals surface area (Å²) in [5.74, 6) is -0.0554.